The van der Waals surface area contributed by atoms with Gasteiger partial charge in [0.25, 0.3) is 0 Å². The lowest BCUT2D eigenvalue weighted by Gasteiger charge is -2.29. The van der Waals surface area contributed by atoms with Gasteiger partial charge < -0.3 is 14.0 Å². The van der Waals surface area contributed by atoms with Gasteiger partial charge in [-0.15, -0.1) is 0 Å². The van der Waals surface area contributed by atoms with Crippen molar-refractivity contribution >= 4 is 22.6 Å². The lowest BCUT2D eigenvalue weighted by atomic mass is 10.0. The first-order chi connectivity index (χ1) is 22.7. The number of imidazole rings is 1. The second-order valence-electron chi connectivity index (χ2n) is 11.2. The second kappa shape index (κ2) is 12.9. The average Bonchev–Trinajstić information content (AvgIpc) is 3.65. The molecule has 1 aliphatic rings. The largest absolute Gasteiger partial charge is 0.472 e. The monoisotopic (exact) mass is 698 g/mol. The van der Waals surface area contributed by atoms with Crippen molar-refractivity contribution in [3.8, 4) is 17.4 Å². The Morgan fingerprint density at radius 2 is 1.83 bits per heavy atom. The number of H-pyrrole nitrogens is 1. The molecule has 0 saturated heterocycles. The van der Waals surface area contributed by atoms with Gasteiger partial charge in [-0.1, -0.05) is 17.7 Å². The van der Waals surface area contributed by atoms with E-state index < -0.39 is 42.0 Å². The molecule has 1 aromatic carbocycles. The number of rotatable bonds is 9. The van der Waals surface area contributed by atoms with Gasteiger partial charge in [-0.25, -0.2) is 19.3 Å². The maximum Gasteiger partial charge on any atom is 0.451 e. The van der Waals surface area contributed by atoms with E-state index in [-0.39, 0.29) is 47.7 Å². The summed E-state index contributed by atoms with van der Waals surface area (Å²) in [6.45, 7) is 2.49. The second-order valence-corrected chi connectivity index (χ2v) is 11.6. The fraction of sp³-hybridized carbons (Fsp3) is 0.367. The Kier molecular flexibility index (Phi) is 9.04. The van der Waals surface area contributed by atoms with Crippen LogP contribution in [-0.4, -0.2) is 59.4 Å². The smallest absolute Gasteiger partial charge is 0.451 e. The number of nitrogens with one attached hydrogen (secondary N) is 1. The molecule has 254 valence electrons. The zero-order valence-corrected chi connectivity index (χ0v) is 26.0. The molecule has 0 unspecified atom stereocenters. The van der Waals surface area contributed by atoms with Crippen LogP contribution >= 0.6 is 11.6 Å². The van der Waals surface area contributed by atoms with E-state index in [1.54, 1.807) is 7.11 Å². The molecular formula is C30H26ClF7N8O2. The third-order valence-electron chi connectivity index (χ3n) is 7.82. The highest BCUT2D eigenvalue weighted by Crippen LogP contribution is 2.38. The number of ether oxygens (including phenoxy) is 2. The van der Waals surface area contributed by atoms with Gasteiger partial charge in [0, 0.05) is 30.8 Å². The van der Waals surface area contributed by atoms with Gasteiger partial charge in [-0.3, -0.25) is 15.0 Å². The summed E-state index contributed by atoms with van der Waals surface area (Å²) in [7, 11) is 1.55. The molecule has 10 nitrogen and oxygen atoms in total. The summed E-state index contributed by atoms with van der Waals surface area (Å²) in [6.07, 6.45) is -8.00. The van der Waals surface area contributed by atoms with E-state index in [2.05, 4.69) is 20.1 Å². The molecule has 0 amide bonds. The zero-order chi connectivity index (χ0) is 34.4. The van der Waals surface area contributed by atoms with Crippen molar-refractivity contribution in [3.05, 3.63) is 81.4 Å². The molecule has 0 saturated carbocycles. The summed E-state index contributed by atoms with van der Waals surface area (Å²) in [5.74, 6) is -2.34. The fourth-order valence-corrected chi connectivity index (χ4v) is 5.44. The van der Waals surface area contributed by atoms with Crippen LogP contribution in [0.2, 0.25) is 5.02 Å². The Balaban J connectivity index is 1.28. The van der Waals surface area contributed by atoms with Crippen LogP contribution in [0.15, 0.2) is 36.5 Å². The molecule has 0 bridgehead atoms. The highest BCUT2D eigenvalue weighted by molar-refractivity contribution is 6.30. The van der Waals surface area contributed by atoms with Crippen molar-refractivity contribution in [1.82, 2.24) is 39.6 Å². The van der Waals surface area contributed by atoms with Crippen molar-refractivity contribution in [2.45, 2.75) is 58.0 Å². The Hall–Kier alpha value is -4.35. The molecule has 0 aliphatic carbocycles. The highest BCUT2D eigenvalue weighted by Gasteiger charge is 2.38. The topological polar surface area (TPSA) is 107 Å². The predicted molar refractivity (Wildman–Crippen MR) is 157 cm³/mol. The van der Waals surface area contributed by atoms with Crippen molar-refractivity contribution in [2.24, 2.45) is 0 Å². The number of fused-ring (bicyclic) bond motifs is 2. The van der Waals surface area contributed by atoms with Gasteiger partial charge in [0.15, 0.2) is 5.82 Å². The van der Waals surface area contributed by atoms with Gasteiger partial charge in [0.1, 0.15) is 29.5 Å². The summed E-state index contributed by atoms with van der Waals surface area (Å²) >= 11 is 5.78. The average molecular weight is 699 g/mol. The van der Waals surface area contributed by atoms with Gasteiger partial charge >= 0.3 is 12.4 Å². The minimum atomic E-state index is -4.76. The summed E-state index contributed by atoms with van der Waals surface area (Å²) in [4.78, 5) is 18.7. The van der Waals surface area contributed by atoms with E-state index in [0.717, 1.165) is 12.1 Å². The number of methoxy groups -OCH3 is 1. The summed E-state index contributed by atoms with van der Waals surface area (Å²) in [6, 6.07) is 6.27. The molecule has 1 aliphatic heterocycles. The number of benzene rings is 1. The summed E-state index contributed by atoms with van der Waals surface area (Å²) in [5.41, 5.74) is 0.807. The Bertz CT molecular complexity index is 1960. The number of aromatic nitrogens is 7. The van der Waals surface area contributed by atoms with Gasteiger partial charge in [0.2, 0.25) is 11.7 Å². The molecule has 5 heterocycles. The van der Waals surface area contributed by atoms with Gasteiger partial charge in [-0.2, -0.15) is 31.4 Å². The highest BCUT2D eigenvalue weighted by atomic mass is 35.5. The van der Waals surface area contributed by atoms with Crippen LogP contribution in [0.5, 0.6) is 5.88 Å². The SMILES string of the molecule is CO[C@@H](C)Cn1c(CN2CCc3cc(C(F)(F)F)c(OCc4ccc(Cl)cc4F)nc3C2)nc2cc(-c3n[nH]c(C(F)(F)F)n3)ncc21. The standard InChI is InChI=1S/C30H26ClF7N8O2/c1-15(47-2)11-46-24-10-39-22(26-42-28(44-43-26)30(36,37)38)9-21(24)40-25(46)13-45-6-5-16-7-19(29(33,34)35)27(41-23(16)12-45)48-14-17-3-4-18(31)8-20(17)32/h3-4,7-10,15H,5-6,11-14H2,1-2H3,(H,42,43,44)/t15-/m0/s1. The lowest BCUT2D eigenvalue weighted by molar-refractivity contribution is -0.144. The van der Waals surface area contributed by atoms with E-state index >= 15 is 0 Å². The summed E-state index contributed by atoms with van der Waals surface area (Å²) in [5, 5.41) is 5.64. The van der Waals surface area contributed by atoms with Crippen molar-refractivity contribution in [3.63, 3.8) is 0 Å². The van der Waals surface area contributed by atoms with Crippen molar-refractivity contribution in [1.29, 1.82) is 0 Å². The number of hydrogen-bond donors (Lipinski definition) is 1. The first-order valence-electron chi connectivity index (χ1n) is 14.5. The quantitative estimate of drug-likeness (QED) is 0.172. The minimum Gasteiger partial charge on any atom is -0.472 e. The number of pyridine rings is 2. The zero-order valence-electron chi connectivity index (χ0n) is 25.3. The number of halogens is 8. The Labute approximate surface area is 272 Å². The molecule has 6 rings (SSSR count). The van der Waals surface area contributed by atoms with Gasteiger partial charge in [-0.05, 0) is 43.2 Å². The minimum absolute atomic E-state index is 0.0133. The molecule has 0 fully saturated rings. The third-order valence-corrected chi connectivity index (χ3v) is 8.05. The van der Waals surface area contributed by atoms with E-state index in [0.29, 0.717) is 41.2 Å². The van der Waals surface area contributed by atoms with E-state index in [1.807, 2.05) is 21.5 Å². The fourth-order valence-electron chi connectivity index (χ4n) is 5.28. The molecule has 0 radical (unpaired) electrons. The molecule has 18 heteroatoms. The van der Waals surface area contributed by atoms with Crippen LogP contribution in [0.1, 0.15) is 41.0 Å². The van der Waals surface area contributed by atoms with Crippen LogP contribution in [-0.2, 0) is 49.8 Å². The van der Waals surface area contributed by atoms with Crippen LogP contribution < -0.4 is 4.74 Å². The molecule has 48 heavy (non-hydrogen) atoms. The summed E-state index contributed by atoms with van der Waals surface area (Å²) < 4.78 is 108. The molecule has 1 atom stereocenters. The van der Waals surface area contributed by atoms with Crippen LogP contribution in [0.4, 0.5) is 30.7 Å². The third kappa shape index (κ3) is 7.07. The van der Waals surface area contributed by atoms with Crippen molar-refractivity contribution in [2.75, 3.05) is 13.7 Å². The van der Waals surface area contributed by atoms with Gasteiger partial charge in [0.05, 0.1) is 42.1 Å². The Morgan fingerprint density at radius 1 is 1.04 bits per heavy atom. The van der Waals surface area contributed by atoms with Crippen LogP contribution in [0.25, 0.3) is 22.6 Å². The maximum absolute atomic E-state index is 14.3. The predicted octanol–water partition coefficient (Wildman–Crippen LogP) is 6.61. The van der Waals surface area contributed by atoms with E-state index in [1.165, 1.54) is 24.4 Å². The Morgan fingerprint density at radius 3 is 2.52 bits per heavy atom. The molecule has 5 aromatic rings. The first-order valence-corrected chi connectivity index (χ1v) is 14.8. The lowest BCUT2D eigenvalue weighted by Crippen LogP contribution is -2.33. The number of aromatic amines is 1. The van der Waals surface area contributed by atoms with Crippen LogP contribution in [0.3, 0.4) is 0 Å². The maximum atomic E-state index is 14.3. The normalized spacial score (nSPS) is 14.8. The van der Waals surface area contributed by atoms with Crippen molar-refractivity contribution < 1.29 is 40.2 Å². The van der Waals surface area contributed by atoms with Crippen LogP contribution in [0, 0.1) is 5.82 Å². The molecular weight excluding hydrogens is 673 g/mol. The van der Waals surface area contributed by atoms with E-state index in [4.69, 9.17) is 26.1 Å². The number of nitrogens with zero attached hydrogens (tertiary/aromatic N) is 7. The first kappa shape index (κ1) is 33.5. The number of alkyl halides is 6. The molecule has 4 aromatic heterocycles. The molecule has 1 N–H and O–H groups in total. The molecule has 0 spiro atoms. The van der Waals surface area contributed by atoms with E-state index in [9.17, 15) is 30.7 Å². The number of hydrogen-bond acceptors (Lipinski definition) is 8.